The van der Waals surface area contributed by atoms with Crippen molar-refractivity contribution in [2.24, 2.45) is 10.9 Å². The molecule has 1 aliphatic carbocycles. The molecule has 0 bridgehead atoms. The first-order chi connectivity index (χ1) is 14.5. The van der Waals surface area contributed by atoms with Gasteiger partial charge in [0.05, 0.1) is 12.1 Å². The average molecular weight is 423 g/mol. The zero-order valence-corrected chi connectivity index (χ0v) is 18.5. The summed E-state index contributed by atoms with van der Waals surface area (Å²) in [4.78, 5) is 8.43. The third-order valence-corrected chi connectivity index (χ3v) is 6.41. The molecule has 1 saturated carbocycles. The highest BCUT2D eigenvalue weighted by atomic mass is 19.1. The third kappa shape index (κ3) is 5.91. The summed E-state index contributed by atoms with van der Waals surface area (Å²) in [6.45, 7) is 3.01. The van der Waals surface area contributed by atoms with Gasteiger partial charge in [-0.3, -0.25) is 4.99 Å². The van der Waals surface area contributed by atoms with Crippen molar-refractivity contribution in [3.05, 3.63) is 35.4 Å². The number of halogens is 2. The van der Waals surface area contributed by atoms with Crippen LogP contribution >= 0.6 is 0 Å². The molecule has 3 rings (SSSR count). The van der Waals surface area contributed by atoms with Crippen LogP contribution in [-0.4, -0.2) is 69.2 Å². The molecule has 2 fully saturated rings. The van der Waals surface area contributed by atoms with Crippen LogP contribution in [0.4, 0.5) is 8.78 Å². The largest absolute Gasteiger partial charge is 0.378 e. The Hall–Kier alpha value is -1.73. The summed E-state index contributed by atoms with van der Waals surface area (Å²) in [7, 11) is 5.40. The second-order valence-corrected chi connectivity index (χ2v) is 8.71. The number of benzene rings is 1. The van der Waals surface area contributed by atoms with Crippen molar-refractivity contribution < 1.29 is 13.5 Å². The van der Waals surface area contributed by atoms with E-state index >= 15 is 0 Å². The lowest BCUT2D eigenvalue weighted by Crippen LogP contribution is -2.48. The topological polar surface area (TPSA) is 40.1 Å². The first-order valence-electron chi connectivity index (χ1n) is 11.2. The molecule has 0 radical (unpaired) electrons. The number of piperidine rings is 1. The van der Waals surface area contributed by atoms with Gasteiger partial charge < -0.3 is 19.9 Å². The lowest BCUT2D eigenvalue weighted by Gasteiger charge is -2.35. The van der Waals surface area contributed by atoms with Crippen LogP contribution in [0.1, 0.15) is 50.1 Å². The first-order valence-corrected chi connectivity index (χ1v) is 11.2. The molecule has 1 atom stereocenters. The van der Waals surface area contributed by atoms with Gasteiger partial charge in [-0.1, -0.05) is 18.9 Å². The van der Waals surface area contributed by atoms with E-state index in [0.717, 1.165) is 44.4 Å². The van der Waals surface area contributed by atoms with Gasteiger partial charge >= 0.3 is 0 Å². The number of hydrogen-bond acceptors (Lipinski definition) is 3. The molecule has 1 heterocycles. The summed E-state index contributed by atoms with van der Waals surface area (Å²) in [5, 5.41) is 3.33. The van der Waals surface area contributed by atoms with E-state index in [4.69, 9.17) is 4.74 Å². The molecule has 30 heavy (non-hydrogen) atoms. The lowest BCUT2D eigenvalue weighted by molar-refractivity contribution is 0.000982. The monoisotopic (exact) mass is 422 g/mol. The van der Waals surface area contributed by atoms with E-state index in [-0.39, 0.29) is 5.56 Å². The van der Waals surface area contributed by atoms with Crippen LogP contribution in [0.2, 0.25) is 0 Å². The van der Waals surface area contributed by atoms with E-state index in [2.05, 4.69) is 15.2 Å². The number of likely N-dealkylation sites (N-methyl/N-ethyl adjacent to an activating group) is 1. The van der Waals surface area contributed by atoms with Gasteiger partial charge in [-0.15, -0.1) is 0 Å². The summed E-state index contributed by atoms with van der Waals surface area (Å²) in [5.74, 6) is 0.475. The number of nitrogens with zero attached hydrogens (tertiary/aromatic N) is 3. The molecule has 0 aromatic heterocycles. The number of aliphatic imine (C=N–C) groups is 1. The predicted octanol–water partition coefficient (Wildman–Crippen LogP) is 3.81. The molecule has 7 heteroatoms. The van der Waals surface area contributed by atoms with E-state index in [1.165, 1.54) is 43.9 Å². The van der Waals surface area contributed by atoms with Crippen molar-refractivity contribution in [2.45, 2.75) is 50.7 Å². The van der Waals surface area contributed by atoms with Gasteiger partial charge in [0.1, 0.15) is 11.6 Å². The Labute approximate surface area is 179 Å². The second kappa shape index (κ2) is 11.0. The molecule has 1 aromatic rings. The summed E-state index contributed by atoms with van der Waals surface area (Å²) in [5.41, 5.74) is 0.0875. The third-order valence-electron chi connectivity index (χ3n) is 6.41. The van der Waals surface area contributed by atoms with Crippen molar-refractivity contribution in [1.29, 1.82) is 0 Å². The molecule has 1 aromatic carbocycles. The predicted molar refractivity (Wildman–Crippen MR) is 117 cm³/mol. The maximum Gasteiger partial charge on any atom is 0.193 e. The number of nitrogens with one attached hydrogen (secondary N) is 1. The first kappa shape index (κ1) is 22.9. The Morgan fingerprint density at radius 2 is 1.80 bits per heavy atom. The van der Waals surface area contributed by atoms with E-state index in [1.54, 1.807) is 7.05 Å². The number of ether oxygens (including phenoxy) is 1. The fourth-order valence-electron chi connectivity index (χ4n) is 4.58. The minimum absolute atomic E-state index is 0.0875. The Balaban J connectivity index is 1.51. The van der Waals surface area contributed by atoms with Crippen LogP contribution in [-0.2, 0) is 4.74 Å². The Morgan fingerprint density at radius 3 is 2.37 bits per heavy atom. The summed E-state index contributed by atoms with van der Waals surface area (Å²) in [6.07, 6.45) is 7.59. The van der Waals surface area contributed by atoms with Crippen LogP contribution < -0.4 is 5.32 Å². The van der Waals surface area contributed by atoms with Crippen molar-refractivity contribution in [3.8, 4) is 0 Å². The maximum absolute atomic E-state index is 14.3. The lowest BCUT2D eigenvalue weighted by atomic mass is 10.0. The standard InChI is InChI=1S/C23H36F2N4O/c1-26-23(27-15-21(28(2)3)22-19(24)9-6-10-20(22)25)29-13-11-18(12-14-29)30-16-17-7-4-5-8-17/h6,9-10,17-18,21H,4-5,7-8,11-16H2,1-3H3,(H,26,27). The Morgan fingerprint density at radius 1 is 1.17 bits per heavy atom. The molecule has 1 N–H and O–H groups in total. The van der Waals surface area contributed by atoms with Gasteiger partial charge in [-0.2, -0.15) is 0 Å². The Kier molecular flexibility index (Phi) is 8.45. The maximum atomic E-state index is 14.3. The average Bonchev–Trinajstić information content (AvgIpc) is 3.25. The fraction of sp³-hybridized carbons (Fsp3) is 0.696. The molecule has 5 nitrogen and oxygen atoms in total. The summed E-state index contributed by atoms with van der Waals surface area (Å²) in [6, 6.07) is 3.57. The summed E-state index contributed by atoms with van der Waals surface area (Å²) < 4.78 is 34.8. The van der Waals surface area contributed by atoms with E-state index in [9.17, 15) is 8.78 Å². The summed E-state index contributed by atoms with van der Waals surface area (Å²) >= 11 is 0. The minimum Gasteiger partial charge on any atom is -0.378 e. The van der Waals surface area contributed by atoms with Crippen molar-refractivity contribution in [1.82, 2.24) is 15.1 Å². The SMILES string of the molecule is CN=C(NCC(c1c(F)cccc1F)N(C)C)N1CCC(OCC2CCCC2)CC1. The molecular formula is C23H36F2N4O. The molecule has 1 saturated heterocycles. The minimum atomic E-state index is -0.522. The van der Waals surface area contributed by atoms with Crippen LogP contribution in [0, 0.1) is 17.6 Å². The highest BCUT2D eigenvalue weighted by Crippen LogP contribution is 2.26. The van der Waals surface area contributed by atoms with Gasteiger partial charge in [0.25, 0.3) is 0 Å². The number of hydrogen-bond donors (Lipinski definition) is 1. The number of rotatable bonds is 7. The van der Waals surface area contributed by atoms with Crippen molar-refractivity contribution >= 4 is 5.96 Å². The van der Waals surface area contributed by atoms with Crippen LogP contribution in [0.25, 0.3) is 0 Å². The normalized spacial score (nSPS) is 20.2. The molecule has 1 unspecified atom stereocenters. The molecular weight excluding hydrogens is 386 g/mol. The fourth-order valence-corrected chi connectivity index (χ4v) is 4.58. The quantitative estimate of drug-likeness (QED) is 0.536. The van der Waals surface area contributed by atoms with Gasteiger partial charge in [0.2, 0.25) is 0 Å². The highest BCUT2D eigenvalue weighted by Gasteiger charge is 2.26. The Bertz CT molecular complexity index is 678. The smallest absolute Gasteiger partial charge is 0.193 e. The van der Waals surface area contributed by atoms with Gasteiger partial charge in [0, 0.05) is 38.9 Å². The number of guanidine groups is 1. The van der Waals surface area contributed by atoms with Gasteiger partial charge in [-0.25, -0.2) is 8.78 Å². The van der Waals surface area contributed by atoms with Gasteiger partial charge in [0.15, 0.2) is 5.96 Å². The van der Waals surface area contributed by atoms with E-state index < -0.39 is 17.7 Å². The molecule has 2 aliphatic rings. The molecule has 0 amide bonds. The highest BCUT2D eigenvalue weighted by molar-refractivity contribution is 5.80. The molecule has 1 aliphatic heterocycles. The van der Waals surface area contributed by atoms with Crippen LogP contribution in [0.3, 0.4) is 0 Å². The van der Waals surface area contributed by atoms with Gasteiger partial charge in [-0.05, 0) is 57.8 Å². The van der Waals surface area contributed by atoms with E-state index in [0.29, 0.717) is 12.6 Å². The molecule has 168 valence electrons. The number of likely N-dealkylation sites (tertiary alicyclic amines) is 1. The van der Waals surface area contributed by atoms with Crippen LogP contribution in [0.15, 0.2) is 23.2 Å². The molecule has 0 spiro atoms. The zero-order chi connectivity index (χ0) is 21.5. The van der Waals surface area contributed by atoms with E-state index in [1.807, 2.05) is 19.0 Å². The second-order valence-electron chi connectivity index (χ2n) is 8.71. The van der Waals surface area contributed by atoms with Crippen molar-refractivity contribution in [3.63, 3.8) is 0 Å². The van der Waals surface area contributed by atoms with Crippen molar-refractivity contribution in [2.75, 3.05) is 47.4 Å². The van der Waals surface area contributed by atoms with Crippen LogP contribution in [0.5, 0.6) is 0 Å². The zero-order valence-electron chi connectivity index (χ0n) is 18.5.